The highest BCUT2D eigenvalue weighted by molar-refractivity contribution is 7.94. The lowest BCUT2D eigenvalue weighted by molar-refractivity contribution is 0.0691. The third-order valence-electron chi connectivity index (χ3n) is 2.90. The number of carboxylic acid groups (broad SMARTS) is 1. The zero-order valence-electron chi connectivity index (χ0n) is 11.9. The van der Waals surface area contributed by atoms with Gasteiger partial charge in [-0.05, 0) is 39.0 Å². The van der Waals surface area contributed by atoms with Crippen molar-refractivity contribution in [1.29, 1.82) is 0 Å². The van der Waals surface area contributed by atoms with Gasteiger partial charge in [0.25, 0.3) is 0 Å². The highest BCUT2D eigenvalue weighted by Gasteiger charge is 2.29. The van der Waals surface area contributed by atoms with Crippen molar-refractivity contribution >= 4 is 26.6 Å². The molecule has 0 fully saturated rings. The molecule has 1 aromatic rings. The lowest BCUT2D eigenvalue weighted by atomic mass is 10.2. The predicted molar refractivity (Wildman–Crippen MR) is 78.2 cm³/mol. The SMILES string of the molecule is CC(C)(C)S(=O)(=O)CCS(=O)c1ccc(F)c(C(=O)O)c1. The average Bonchev–Trinajstić information content (AvgIpc) is 2.34. The Morgan fingerprint density at radius 2 is 1.90 bits per heavy atom. The normalized spacial score (nSPS) is 13.9. The van der Waals surface area contributed by atoms with Crippen LogP contribution >= 0.6 is 0 Å². The van der Waals surface area contributed by atoms with Gasteiger partial charge in [0.2, 0.25) is 0 Å². The maximum atomic E-state index is 13.2. The van der Waals surface area contributed by atoms with Crippen molar-refractivity contribution in [2.24, 2.45) is 0 Å². The molecule has 0 aromatic heterocycles. The molecule has 1 unspecified atom stereocenters. The first-order valence-corrected chi connectivity index (χ1v) is 9.06. The average molecular weight is 336 g/mol. The second-order valence-electron chi connectivity index (χ2n) is 5.43. The highest BCUT2D eigenvalue weighted by atomic mass is 32.2. The highest BCUT2D eigenvalue weighted by Crippen LogP contribution is 2.18. The smallest absolute Gasteiger partial charge is 0.338 e. The Kier molecular flexibility index (Phi) is 5.27. The van der Waals surface area contributed by atoms with E-state index in [0.29, 0.717) is 0 Å². The molecule has 0 saturated heterocycles. The number of halogens is 1. The van der Waals surface area contributed by atoms with Gasteiger partial charge >= 0.3 is 5.97 Å². The molecule has 1 aromatic carbocycles. The zero-order valence-corrected chi connectivity index (χ0v) is 13.6. The second-order valence-corrected chi connectivity index (χ2v) is 9.86. The van der Waals surface area contributed by atoms with Gasteiger partial charge in [-0.15, -0.1) is 0 Å². The number of carbonyl (C=O) groups is 1. The van der Waals surface area contributed by atoms with Crippen LogP contribution in [-0.4, -0.2) is 40.0 Å². The van der Waals surface area contributed by atoms with E-state index in [2.05, 4.69) is 0 Å². The van der Waals surface area contributed by atoms with Crippen LogP contribution in [0.4, 0.5) is 4.39 Å². The predicted octanol–water partition coefficient (Wildman–Crippen LogP) is 1.84. The van der Waals surface area contributed by atoms with Crippen molar-refractivity contribution in [2.75, 3.05) is 11.5 Å². The van der Waals surface area contributed by atoms with Crippen LogP contribution in [-0.2, 0) is 20.6 Å². The van der Waals surface area contributed by atoms with Gasteiger partial charge in [0.15, 0.2) is 9.84 Å². The molecule has 0 saturated carbocycles. The Bertz CT molecular complexity index is 674. The van der Waals surface area contributed by atoms with E-state index in [4.69, 9.17) is 5.11 Å². The fourth-order valence-corrected chi connectivity index (χ4v) is 4.22. The van der Waals surface area contributed by atoms with E-state index in [0.717, 1.165) is 12.1 Å². The summed E-state index contributed by atoms with van der Waals surface area (Å²) in [5.74, 6) is -2.84. The second kappa shape index (κ2) is 6.23. The van der Waals surface area contributed by atoms with E-state index in [1.807, 2.05) is 0 Å². The van der Waals surface area contributed by atoms with Crippen LogP contribution in [0.5, 0.6) is 0 Å². The first-order valence-electron chi connectivity index (χ1n) is 6.09. The van der Waals surface area contributed by atoms with E-state index in [1.165, 1.54) is 6.07 Å². The molecule has 0 aliphatic carbocycles. The van der Waals surface area contributed by atoms with E-state index in [1.54, 1.807) is 20.8 Å². The van der Waals surface area contributed by atoms with E-state index in [-0.39, 0.29) is 16.4 Å². The number of rotatable bonds is 5. The molecule has 0 bridgehead atoms. The molecule has 0 radical (unpaired) electrons. The zero-order chi connectivity index (χ0) is 16.4. The fourth-order valence-electron chi connectivity index (χ4n) is 1.42. The summed E-state index contributed by atoms with van der Waals surface area (Å²) >= 11 is 0. The van der Waals surface area contributed by atoms with Crippen molar-refractivity contribution in [3.05, 3.63) is 29.6 Å². The number of hydrogen-bond donors (Lipinski definition) is 1. The molecule has 8 heteroatoms. The lowest BCUT2D eigenvalue weighted by Crippen LogP contribution is -2.32. The molecule has 1 N–H and O–H groups in total. The van der Waals surface area contributed by atoms with Gasteiger partial charge in [-0.1, -0.05) is 0 Å². The molecule has 5 nitrogen and oxygen atoms in total. The quantitative estimate of drug-likeness (QED) is 0.886. The molecular weight excluding hydrogens is 319 g/mol. The minimum atomic E-state index is -3.42. The minimum Gasteiger partial charge on any atom is -0.478 e. The number of aromatic carboxylic acids is 1. The van der Waals surface area contributed by atoms with Crippen LogP contribution in [0.2, 0.25) is 0 Å². The molecule has 118 valence electrons. The van der Waals surface area contributed by atoms with Crippen LogP contribution in [0.3, 0.4) is 0 Å². The monoisotopic (exact) mass is 336 g/mol. The standard InChI is InChI=1S/C13H17FO5S2/c1-13(2,3)21(18,19)7-6-20(17)9-4-5-11(14)10(8-9)12(15)16/h4-5,8H,6-7H2,1-3H3,(H,15,16). The van der Waals surface area contributed by atoms with Crippen molar-refractivity contribution in [2.45, 2.75) is 30.4 Å². The Morgan fingerprint density at radius 1 is 1.33 bits per heavy atom. The summed E-state index contributed by atoms with van der Waals surface area (Å²) in [5, 5.41) is 8.80. The molecule has 1 rings (SSSR count). The van der Waals surface area contributed by atoms with Gasteiger partial charge < -0.3 is 5.11 Å². The molecule has 0 aliphatic heterocycles. The molecule has 21 heavy (non-hydrogen) atoms. The number of hydrogen-bond acceptors (Lipinski definition) is 4. The molecular formula is C13H17FO5S2. The summed E-state index contributed by atoms with van der Waals surface area (Å²) in [5.41, 5.74) is -0.584. The van der Waals surface area contributed by atoms with Crippen molar-refractivity contribution in [3.8, 4) is 0 Å². The van der Waals surface area contributed by atoms with Gasteiger partial charge in [-0.3, -0.25) is 4.21 Å². The lowest BCUT2D eigenvalue weighted by Gasteiger charge is -2.18. The van der Waals surface area contributed by atoms with Gasteiger partial charge in [0, 0.05) is 10.6 Å². The third-order valence-corrected chi connectivity index (χ3v) is 7.12. The topological polar surface area (TPSA) is 88.5 Å². The Labute approximate surface area is 125 Å². The summed E-state index contributed by atoms with van der Waals surface area (Å²) in [6, 6.07) is 3.08. The van der Waals surface area contributed by atoms with Gasteiger partial charge in [-0.2, -0.15) is 0 Å². The van der Waals surface area contributed by atoms with Gasteiger partial charge in [0.1, 0.15) is 5.82 Å². The van der Waals surface area contributed by atoms with Crippen molar-refractivity contribution in [1.82, 2.24) is 0 Å². The van der Waals surface area contributed by atoms with E-state index in [9.17, 15) is 21.8 Å². The van der Waals surface area contributed by atoms with Crippen LogP contribution in [0.25, 0.3) is 0 Å². The number of benzene rings is 1. The van der Waals surface area contributed by atoms with E-state index < -0.39 is 42.7 Å². The first-order chi connectivity index (χ1) is 9.45. The summed E-state index contributed by atoms with van der Waals surface area (Å²) < 4.78 is 48.2. The Hall–Kier alpha value is -1.28. The largest absolute Gasteiger partial charge is 0.478 e. The first kappa shape index (κ1) is 17.8. The van der Waals surface area contributed by atoms with Gasteiger partial charge in [0.05, 0.1) is 26.9 Å². The molecule has 0 heterocycles. The third kappa shape index (κ3) is 4.34. The number of sulfone groups is 1. The Balaban J connectivity index is 2.92. The number of carboxylic acids is 1. The molecule has 0 aliphatic rings. The van der Waals surface area contributed by atoms with E-state index >= 15 is 0 Å². The van der Waals surface area contributed by atoms with Crippen LogP contribution in [0, 0.1) is 5.82 Å². The van der Waals surface area contributed by atoms with Gasteiger partial charge in [-0.25, -0.2) is 17.6 Å². The fraction of sp³-hybridized carbons (Fsp3) is 0.462. The maximum Gasteiger partial charge on any atom is 0.338 e. The Morgan fingerprint density at radius 3 is 2.38 bits per heavy atom. The molecule has 0 spiro atoms. The minimum absolute atomic E-state index is 0.0953. The van der Waals surface area contributed by atoms with Crippen molar-refractivity contribution in [3.63, 3.8) is 0 Å². The van der Waals surface area contributed by atoms with Crippen LogP contribution in [0.1, 0.15) is 31.1 Å². The molecule has 0 amide bonds. The maximum absolute atomic E-state index is 13.2. The molecule has 1 atom stereocenters. The van der Waals surface area contributed by atoms with Crippen molar-refractivity contribution < 1.29 is 26.9 Å². The summed E-state index contributed by atoms with van der Waals surface area (Å²) in [4.78, 5) is 10.9. The summed E-state index contributed by atoms with van der Waals surface area (Å²) in [7, 11) is -5.13. The van der Waals surface area contributed by atoms with Crippen LogP contribution in [0.15, 0.2) is 23.1 Å². The van der Waals surface area contributed by atoms with Crippen LogP contribution < -0.4 is 0 Å². The summed E-state index contributed by atoms with van der Waals surface area (Å²) in [6.45, 7) is 4.64. The summed E-state index contributed by atoms with van der Waals surface area (Å²) in [6.07, 6.45) is 0.